The van der Waals surface area contributed by atoms with E-state index in [1.807, 2.05) is 30.3 Å². The summed E-state index contributed by atoms with van der Waals surface area (Å²) in [5, 5.41) is 0.166. The number of benzene rings is 3. The minimum absolute atomic E-state index is 0.0574. The molecule has 0 aromatic heterocycles. The van der Waals surface area contributed by atoms with Crippen molar-refractivity contribution in [2.45, 2.75) is 30.5 Å². The van der Waals surface area contributed by atoms with Crippen molar-refractivity contribution in [1.29, 1.82) is 0 Å². The fourth-order valence-corrected chi connectivity index (χ4v) is 5.59. The lowest BCUT2D eigenvalue weighted by atomic mass is 10.0. The molecule has 1 aliphatic heterocycles. The molecule has 3 aromatic carbocycles. The lowest BCUT2D eigenvalue weighted by molar-refractivity contribution is 0.124. The normalized spacial score (nSPS) is 20.8. The summed E-state index contributed by atoms with van der Waals surface area (Å²) in [6, 6.07) is 16.0. The van der Waals surface area contributed by atoms with Crippen LogP contribution in [0.4, 0.5) is 8.78 Å². The predicted molar refractivity (Wildman–Crippen MR) is 110 cm³/mol. The summed E-state index contributed by atoms with van der Waals surface area (Å²) in [6.07, 6.45) is -0.689. The number of nitrogens with zero attached hydrogens (tertiary/aromatic N) is 1. The first-order valence-corrected chi connectivity index (χ1v) is 11.1. The van der Waals surface area contributed by atoms with Crippen LogP contribution in [0.5, 0.6) is 5.75 Å². The SMILES string of the molecule is C[C@@H]1[C@@H](c2ccccc2)Oc2c(Cl)cccc2S(=O)(=O)N1Cc1ccc(F)cc1F. The number of para-hydroxylation sites is 1. The largest absolute Gasteiger partial charge is 0.481 e. The summed E-state index contributed by atoms with van der Waals surface area (Å²) < 4.78 is 62.1. The number of ether oxygens (including phenoxy) is 1. The first-order valence-electron chi connectivity index (χ1n) is 9.25. The maximum Gasteiger partial charge on any atom is 0.247 e. The molecule has 1 heterocycles. The maximum atomic E-state index is 14.4. The van der Waals surface area contributed by atoms with Crippen molar-refractivity contribution in [3.8, 4) is 5.75 Å². The van der Waals surface area contributed by atoms with Gasteiger partial charge in [-0.1, -0.05) is 54.1 Å². The quantitative estimate of drug-likeness (QED) is 0.543. The van der Waals surface area contributed by atoms with E-state index in [9.17, 15) is 17.2 Å². The summed E-state index contributed by atoms with van der Waals surface area (Å²) in [5.74, 6) is -1.49. The second kappa shape index (κ2) is 7.98. The van der Waals surface area contributed by atoms with Crippen molar-refractivity contribution in [1.82, 2.24) is 4.31 Å². The van der Waals surface area contributed by atoms with Crippen molar-refractivity contribution in [2.75, 3.05) is 0 Å². The second-order valence-electron chi connectivity index (χ2n) is 7.04. The van der Waals surface area contributed by atoms with E-state index in [1.165, 1.54) is 22.5 Å². The first kappa shape index (κ1) is 20.8. The Morgan fingerprint density at radius 2 is 1.77 bits per heavy atom. The molecule has 0 unspecified atom stereocenters. The maximum absolute atomic E-state index is 14.4. The molecule has 8 heteroatoms. The van der Waals surface area contributed by atoms with E-state index < -0.39 is 33.8 Å². The van der Waals surface area contributed by atoms with Crippen LogP contribution in [0.25, 0.3) is 0 Å². The number of hydrogen-bond acceptors (Lipinski definition) is 3. The Morgan fingerprint density at radius 3 is 2.47 bits per heavy atom. The zero-order valence-corrected chi connectivity index (χ0v) is 17.5. The number of fused-ring (bicyclic) bond motifs is 1. The van der Waals surface area contributed by atoms with Crippen LogP contribution < -0.4 is 4.74 Å². The van der Waals surface area contributed by atoms with Gasteiger partial charge in [0.25, 0.3) is 0 Å². The molecule has 0 spiro atoms. The number of sulfonamides is 1. The van der Waals surface area contributed by atoms with Gasteiger partial charge in [-0.25, -0.2) is 17.2 Å². The molecule has 4 rings (SSSR count). The molecule has 0 bridgehead atoms. The Labute approximate surface area is 178 Å². The van der Waals surface area contributed by atoms with Crippen molar-refractivity contribution in [3.63, 3.8) is 0 Å². The molecule has 0 saturated heterocycles. The van der Waals surface area contributed by atoms with E-state index in [0.717, 1.165) is 17.7 Å². The zero-order valence-electron chi connectivity index (χ0n) is 15.9. The molecule has 4 nitrogen and oxygen atoms in total. The van der Waals surface area contributed by atoms with Gasteiger partial charge >= 0.3 is 0 Å². The molecule has 1 aliphatic rings. The molecule has 2 atom stereocenters. The topological polar surface area (TPSA) is 46.6 Å². The second-order valence-corrected chi connectivity index (χ2v) is 9.31. The fraction of sp³-hybridized carbons (Fsp3) is 0.182. The smallest absolute Gasteiger partial charge is 0.247 e. The summed E-state index contributed by atoms with van der Waals surface area (Å²) in [7, 11) is -4.09. The van der Waals surface area contributed by atoms with Crippen LogP contribution in [0, 0.1) is 11.6 Å². The van der Waals surface area contributed by atoms with Crippen LogP contribution >= 0.6 is 11.6 Å². The number of rotatable bonds is 3. The molecule has 0 fully saturated rings. The Morgan fingerprint density at radius 1 is 1.03 bits per heavy atom. The Bertz CT molecular complexity index is 1190. The zero-order chi connectivity index (χ0) is 21.5. The van der Waals surface area contributed by atoms with E-state index in [1.54, 1.807) is 13.0 Å². The predicted octanol–water partition coefficient (Wildman–Crippen LogP) is 5.33. The molecule has 0 aliphatic carbocycles. The molecule has 0 radical (unpaired) electrons. The van der Waals surface area contributed by atoms with Crippen molar-refractivity contribution in [2.24, 2.45) is 0 Å². The minimum atomic E-state index is -4.09. The molecule has 156 valence electrons. The summed E-state index contributed by atoms with van der Waals surface area (Å²) in [4.78, 5) is -0.0946. The van der Waals surface area contributed by atoms with Gasteiger partial charge in [-0.2, -0.15) is 4.31 Å². The van der Waals surface area contributed by atoms with E-state index >= 15 is 0 Å². The molecule has 3 aromatic rings. The van der Waals surface area contributed by atoms with E-state index in [0.29, 0.717) is 0 Å². The highest BCUT2D eigenvalue weighted by molar-refractivity contribution is 7.89. The van der Waals surface area contributed by atoms with Crippen molar-refractivity contribution >= 4 is 21.6 Å². The third kappa shape index (κ3) is 3.69. The molecule has 30 heavy (non-hydrogen) atoms. The molecule has 0 saturated carbocycles. The third-order valence-corrected chi connectivity index (χ3v) is 7.38. The molecule has 0 amide bonds. The lowest BCUT2D eigenvalue weighted by Crippen LogP contribution is -2.41. The summed E-state index contributed by atoms with van der Waals surface area (Å²) in [5.41, 5.74) is 0.807. The van der Waals surface area contributed by atoms with Gasteiger partial charge in [-0.3, -0.25) is 0 Å². The van der Waals surface area contributed by atoms with Crippen LogP contribution in [0.15, 0.2) is 71.6 Å². The molecule has 0 N–H and O–H groups in total. The highest BCUT2D eigenvalue weighted by Gasteiger charge is 2.41. The average molecular weight is 450 g/mol. The van der Waals surface area contributed by atoms with Gasteiger partial charge in [-0.05, 0) is 30.7 Å². The summed E-state index contributed by atoms with van der Waals surface area (Å²) >= 11 is 6.28. The van der Waals surface area contributed by atoms with Gasteiger partial charge in [0.05, 0.1) is 11.1 Å². The Balaban J connectivity index is 1.88. The minimum Gasteiger partial charge on any atom is -0.481 e. The Kier molecular flexibility index (Phi) is 5.53. The number of hydrogen-bond donors (Lipinski definition) is 0. The Hall–Kier alpha value is -2.48. The molecular formula is C22H18ClF2NO3S. The fourth-order valence-electron chi connectivity index (χ4n) is 3.56. The van der Waals surface area contributed by atoms with Gasteiger partial charge < -0.3 is 4.74 Å². The van der Waals surface area contributed by atoms with Gasteiger partial charge in [0.15, 0.2) is 5.75 Å². The summed E-state index contributed by atoms with van der Waals surface area (Å²) in [6.45, 7) is 1.41. The lowest BCUT2D eigenvalue weighted by Gasteiger charge is -2.31. The van der Waals surface area contributed by atoms with Crippen LogP contribution in [0.3, 0.4) is 0 Å². The average Bonchev–Trinajstić information content (AvgIpc) is 2.79. The van der Waals surface area contributed by atoms with Gasteiger partial charge in [0.2, 0.25) is 10.0 Å². The number of halogens is 3. The van der Waals surface area contributed by atoms with Crippen LogP contribution in [0.1, 0.15) is 24.2 Å². The van der Waals surface area contributed by atoms with Gasteiger partial charge in [0, 0.05) is 18.2 Å². The highest BCUT2D eigenvalue weighted by Crippen LogP contribution is 2.43. The van der Waals surface area contributed by atoms with Gasteiger partial charge in [0.1, 0.15) is 22.6 Å². The monoisotopic (exact) mass is 449 g/mol. The first-order chi connectivity index (χ1) is 14.3. The van der Waals surface area contributed by atoms with Gasteiger partial charge in [-0.15, -0.1) is 0 Å². The standard InChI is InChI=1S/C22H18ClF2NO3S/c1-14-21(15-6-3-2-4-7-15)29-22-18(23)8-5-9-20(22)30(27,28)26(14)13-16-10-11-17(24)12-19(16)25/h2-12,14,21H,13H2,1H3/t14-,21+/m1/s1. The van der Waals surface area contributed by atoms with Crippen LogP contribution in [0.2, 0.25) is 5.02 Å². The molecular weight excluding hydrogens is 432 g/mol. The highest BCUT2D eigenvalue weighted by atomic mass is 35.5. The van der Waals surface area contributed by atoms with E-state index in [2.05, 4.69) is 0 Å². The van der Waals surface area contributed by atoms with Crippen LogP contribution in [-0.4, -0.2) is 18.8 Å². The van der Waals surface area contributed by atoms with Crippen LogP contribution in [-0.2, 0) is 16.6 Å². The third-order valence-electron chi connectivity index (χ3n) is 5.12. The van der Waals surface area contributed by atoms with E-state index in [-0.39, 0.29) is 27.8 Å². The van der Waals surface area contributed by atoms with Crippen molar-refractivity contribution < 1.29 is 21.9 Å². The van der Waals surface area contributed by atoms with E-state index in [4.69, 9.17) is 16.3 Å². The van der Waals surface area contributed by atoms with Crippen molar-refractivity contribution in [3.05, 3.63) is 94.5 Å².